The largest absolute Gasteiger partial charge is 0.445 e. The normalized spacial score (nSPS) is 17.4. The molecule has 2 aromatic carbocycles. The van der Waals surface area contributed by atoms with Crippen LogP contribution in [0.15, 0.2) is 66.7 Å². The molecule has 0 saturated carbocycles. The lowest BCUT2D eigenvalue weighted by atomic mass is 9.89. The van der Waals surface area contributed by atoms with Gasteiger partial charge >= 0.3 is 12.1 Å². The number of anilines is 1. The molecule has 26 nitrogen and oxygen atoms in total. The van der Waals surface area contributed by atoms with Crippen molar-refractivity contribution in [3.8, 4) is 0 Å². The van der Waals surface area contributed by atoms with E-state index in [0.717, 1.165) is 4.90 Å². The van der Waals surface area contributed by atoms with E-state index in [1.54, 1.807) is 109 Å². The Morgan fingerprint density at radius 1 is 0.713 bits per heavy atom. The quantitative estimate of drug-likeness (QED) is 0.0321. The molecule has 2 heterocycles. The highest BCUT2D eigenvalue weighted by Gasteiger charge is 2.44. The van der Waals surface area contributed by atoms with Crippen LogP contribution in [0.4, 0.5) is 15.3 Å². The topological polar surface area (TPSA) is 347 Å². The van der Waals surface area contributed by atoms with Gasteiger partial charge in [-0.1, -0.05) is 118 Å². The number of aliphatic hydroxyl groups is 1. The van der Waals surface area contributed by atoms with Crippen molar-refractivity contribution in [1.82, 2.24) is 46.2 Å². The van der Waals surface area contributed by atoms with Gasteiger partial charge in [0.05, 0.1) is 48.8 Å². The lowest BCUT2D eigenvalue weighted by Crippen LogP contribution is -2.60. The van der Waals surface area contributed by atoms with Gasteiger partial charge in [-0.3, -0.25) is 53.0 Å². The number of amides is 12. The van der Waals surface area contributed by atoms with Gasteiger partial charge in [-0.05, 0) is 92.4 Å². The maximum absolute atomic E-state index is 14.8. The monoisotopic (exact) mass is 1320 g/mol. The summed E-state index contributed by atoms with van der Waals surface area (Å²) in [5.41, 5.74) is 6.77. The Kier molecular flexibility index (Phi) is 32.1. The van der Waals surface area contributed by atoms with Crippen molar-refractivity contribution >= 4 is 71.0 Å². The van der Waals surface area contributed by atoms with Gasteiger partial charge in [0, 0.05) is 72.2 Å². The third kappa shape index (κ3) is 22.9. The number of hydrogen-bond acceptors (Lipinski definition) is 15. The van der Waals surface area contributed by atoms with Crippen LogP contribution in [0.3, 0.4) is 0 Å². The molecule has 94 heavy (non-hydrogen) atoms. The molecule has 522 valence electrons. The van der Waals surface area contributed by atoms with Gasteiger partial charge in [0.25, 0.3) is 11.8 Å². The summed E-state index contributed by atoms with van der Waals surface area (Å²) in [6.07, 6.45) is 2.94. The molecule has 0 aromatic heterocycles. The number of rotatable bonds is 38. The van der Waals surface area contributed by atoms with Gasteiger partial charge in [-0.2, -0.15) is 0 Å². The molecule has 1 fully saturated rings. The molecule has 0 aliphatic carbocycles. The smallest absolute Gasteiger partial charge is 0.410 e. The Labute approximate surface area is 554 Å². The maximum Gasteiger partial charge on any atom is 0.410 e. The highest BCUT2D eigenvalue weighted by atomic mass is 16.6. The van der Waals surface area contributed by atoms with Crippen LogP contribution < -0.4 is 37.6 Å². The fraction of sp³-hybridized carbons (Fsp3) is 0.632. The van der Waals surface area contributed by atoms with Crippen LogP contribution >= 0.6 is 0 Å². The number of primary amides is 1. The number of ether oxygens (including phenoxy) is 3. The minimum atomic E-state index is -1.11. The lowest BCUT2D eigenvalue weighted by molar-refractivity contribution is -0.148. The highest BCUT2D eigenvalue weighted by Crippen LogP contribution is 2.31. The number of carbonyl (C=O) groups is 11. The fourth-order valence-corrected chi connectivity index (χ4v) is 12.1. The summed E-state index contributed by atoms with van der Waals surface area (Å²) < 4.78 is 17.7. The standard InChI is InChI=1S/C68H105N11O15/c1-15-43(8)59(51(92-13)38-55(83)78-37-23-27-50(78)61(93-14)44(9)62(85)71-45(10)60(84)47-24-18-16-19-25-47)76(11)66(89)57(41(4)5)75-65(88)58(42(6)7)77(12)68(91)94-39-46-29-31-48(32-30-46)72-63(86)49(26-22-35-70-67(69)90)73-64(87)56(40(2)3)74-52(80)28-20-17-21-36-79-53(81)33-34-54(79)82/h16,18-19,24-25,29-34,40-45,49-51,56-61,84H,15,17,20-23,26-28,35-39H2,1-14H3,(H,71,85)(H,72,86)(H,73,87)(H,74,80)(H,75,88)(H3,69,70,90)/t43-,44+,45+,49-,50-,51+,56-,57-,58?,59?,60+,61+/m0/s1. The molecule has 12 atom stereocenters. The first-order chi connectivity index (χ1) is 44.5. The number of likely N-dealkylation sites (N-methyl/N-ethyl adjacent to an activating group) is 2. The Morgan fingerprint density at radius 3 is 1.93 bits per heavy atom. The van der Waals surface area contributed by atoms with Crippen molar-refractivity contribution in [3.63, 3.8) is 0 Å². The van der Waals surface area contributed by atoms with Crippen molar-refractivity contribution < 1.29 is 72.1 Å². The van der Waals surface area contributed by atoms with Gasteiger partial charge in [-0.15, -0.1) is 0 Å². The van der Waals surface area contributed by atoms with E-state index in [-0.39, 0.29) is 86.8 Å². The van der Waals surface area contributed by atoms with E-state index in [4.69, 9.17) is 19.9 Å². The lowest BCUT2D eigenvalue weighted by Gasteiger charge is -2.41. The maximum atomic E-state index is 14.8. The summed E-state index contributed by atoms with van der Waals surface area (Å²) in [7, 11) is 6.08. The van der Waals surface area contributed by atoms with Crippen LogP contribution in [-0.2, 0) is 64.0 Å². The first-order valence-electron chi connectivity index (χ1n) is 32.9. The molecule has 2 unspecified atom stereocenters. The third-order valence-corrected chi connectivity index (χ3v) is 17.7. The summed E-state index contributed by atoms with van der Waals surface area (Å²) in [6.45, 7) is 18.6. The van der Waals surface area contributed by atoms with Crippen LogP contribution in [0, 0.1) is 29.6 Å². The number of unbranched alkanes of at least 4 members (excludes halogenated alkanes) is 2. The highest BCUT2D eigenvalue weighted by molar-refractivity contribution is 6.12. The molecule has 0 radical (unpaired) electrons. The molecular weight excluding hydrogens is 1210 g/mol. The van der Waals surface area contributed by atoms with Crippen molar-refractivity contribution in [2.75, 3.05) is 53.3 Å². The van der Waals surface area contributed by atoms with Gasteiger partial charge in [-0.25, -0.2) is 9.59 Å². The second-order valence-corrected chi connectivity index (χ2v) is 25.8. The molecular formula is C68H105N11O15. The number of likely N-dealkylation sites (tertiary alicyclic amines) is 1. The van der Waals surface area contributed by atoms with Gasteiger partial charge in [0.15, 0.2) is 0 Å². The second kappa shape index (κ2) is 38.4. The summed E-state index contributed by atoms with van der Waals surface area (Å²) in [5, 5.41) is 27.6. The van der Waals surface area contributed by atoms with E-state index in [0.29, 0.717) is 61.9 Å². The summed E-state index contributed by atoms with van der Waals surface area (Å²) >= 11 is 0. The number of nitrogens with two attached hydrogens (primary N) is 1. The van der Waals surface area contributed by atoms with Gasteiger partial charge in [0.1, 0.15) is 30.8 Å². The van der Waals surface area contributed by atoms with E-state index < -0.39 is 114 Å². The Morgan fingerprint density at radius 2 is 1.35 bits per heavy atom. The Balaban J connectivity index is 1.37. The number of aliphatic hydroxyl groups excluding tert-OH is 1. The van der Waals surface area contributed by atoms with Crippen molar-refractivity contribution in [2.24, 2.45) is 35.3 Å². The third-order valence-electron chi connectivity index (χ3n) is 17.7. The Bertz CT molecular complexity index is 2880. The number of benzene rings is 2. The van der Waals surface area contributed by atoms with Crippen LogP contribution in [0.5, 0.6) is 0 Å². The zero-order valence-corrected chi connectivity index (χ0v) is 57.4. The predicted octanol–water partition coefficient (Wildman–Crippen LogP) is 5.08. The van der Waals surface area contributed by atoms with Gasteiger partial charge < -0.3 is 66.8 Å². The first kappa shape index (κ1) is 78.5. The first-order valence-corrected chi connectivity index (χ1v) is 32.9. The molecule has 9 N–H and O–H groups in total. The fourth-order valence-electron chi connectivity index (χ4n) is 12.1. The van der Waals surface area contributed by atoms with E-state index in [1.807, 2.05) is 32.0 Å². The van der Waals surface area contributed by atoms with E-state index >= 15 is 0 Å². The number of hydrogen-bond donors (Lipinski definition) is 8. The van der Waals surface area contributed by atoms with Crippen LogP contribution in [-0.4, -0.2) is 192 Å². The number of nitrogens with zero attached hydrogens (tertiary/aromatic N) is 4. The number of imide groups is 1. The number of methoxy groups -OCH3 is 2. The zero-order chi connectivity index (χ0) is 70.1. The van der Waals surface area contributed by atoms with Crippen molar-refractivity contribution in [2.45, 2.75) is 201 Å². The number of nitrogens with one attached hydrogen (secondary N) is 6. The number of carbonyl (C=O) groups excluding carboxylic acids is 11. The summed E-state index contributed by atoms with van der Waals surface area (Å²) in [5.74, 6) is -6.02. The molecule has 2 aliphatic heterocycles. The minimum absolute atomic E-state index is 0.0841. The zero-order valence-electron chi connectivity index (χ0n) is 57.4. The van der Waals surface area contributed by atoms with E-state index in [9.17, 15) is 57.8 Å². The molecule has 2 aromatic rings. The van der Waals surface area contributed by atoms with Crippen molar-refractivity contribution in [1.29, 1.82) is 0 Å². The number of urea groups is 1. The van der Waals surface area contributed by atoms with E-state index in [2.05, 4.69) is 31.9 Å². The average Bonchev–Trinajstić information content (AvgIpc) is 1.33. The van der Waals surface area contributed by atoms with Crippen molar-refractivity contribution in [3.05, 3.63) is 77.9 Å². The SMILES string of the molecule is CC[C@H](C)C([C@@H](CC(=O)N1CCC[C@H]1[C@H](OC)[C@@H](C)C(=O)N[C@H](C)[C@@H](O)c1ccccc1)OC)N(C)C(=O)[C@@H](NC(=O)C(C(C)C)N(C)C(=O)OCc1ccc(NC(=O)[C@H](CCCNC(N)=O)NC(=O)[C@@H](NC(=O)CCCCCN2C(=O)C=CC2=O)C(C)C)cc1)C(C)C. The molecule has 26 heteroatoms. The Hall–Kier alpha value is -7.97. The molecule has 2 aliphatic rings. The minimum Gasteiger partial charge on any atom is -0.445 e. The molecule has 4 rings (SSSR count). The van der Waals surface area contributed by atoms with Gasteiger partial charge in [0.2, 0.25) is 41.4 Å². The molecule has 1 saturated heterocycles. The molecule has 12 amide bonds. The van der Waals surface area contributed by atoms with Crippen LogP contribution in [0.25, 0.3) is 0 Å². The van der Waals surface area contributed by atoms with Crippen LogP contribution in [0.1, 0.15) is 151 Å². The van der Waals surface area contributed by atoms with E-state index in [1.165, 1.54) is 38.3 Å². The predicted molar refractivity (Wildman–Crippen MR) is 353 cm³/mol. The average molecular weight is 1320 g/mol. The summed E-state index contributed by atoms with van der Waals surface area (Å²) in [4.78, 5) is 152. The summed E-state index contributed by atoms with van der Waals surface area (Å²) in [6, 6.07) is 8.74. The molecule has 0 spiro atoms. The second-order valence-electron chi connectivity index (χ2n) is 25.8. The van der Waals surface area contributed by atoms with Crippen LogP contribution in [0.2, 0.25) is 0 Å². The molecule has 0 bridgehead atoms.